The third-order valence-corrected chi connectivity index (χ3v) is 5.71. The summed E-state index contributed by atoms with van der Waals surface area (Å²) in [6.45, 7) is 10.2. The molecule has 98 valence electrons. The fraction of sp³-hybridized carbons (Fsp3) is 0.667. The molecule has 1 aromatic heterocycles. The maximum atomic E-state index is 4.62. The van der Waals surface area contributed by atoms with Crippen LogP contribution >= 0.6 is 11.8 Å². The molecule has 0 aromatic carbocycles. The maximum Gasteiger partial charge on any atom is 0.0423 e. The van der Waals surface area contributed by atoms with Crippen molar-refractivity contribution in [2.75, 3.05) is 24.6 Å². The van der Waals surface area contributed by atoms with Gasteiger partial charge in [-0.05, 0) is 61.3 Å². The molecule has 0 unspecified atom stereocenters. The number of aryl methyl sites for hydroxylation is 3. The van der Waals surface area contributed by atoms with E-state index in [1.54, 1.807) is 0 Å². The largest absolute Gasteiger partial charge is 0.298 e. The van der Waals surface area contributed by atoms with E-state index in [0.717, 1.165) is 24.1 Å². The summed E-state index contributed by atoms with van der Waals surface area (Å²) in [5, 5.41) is 0. The normalized spacial score (nSPS) is 27.7. The number of fused-ring (bicyclic) bond motifs is 1. The first-order chi connectivity index (χ1) is 8.63. The standard InChI is InChI=1S/C15H22N2S/c1-10-4-11(2)16-12(3)15(10)7-17-5-13-8-18-9-14(13)6-17/h4,13-14H,5-9H2,1-3H3/t13-,14+. The summed E-state index contributed by atoms with van der Waals surface area (Å²) >= 11 is 2.14. The fourth-order valence-corrected chi connectivity index (χ4v) is 4.92. The van der Waals surface area contributed by atoms with Crippen LogP contribution in [0.5, 0.6) is 0 Å². The molecule has 18 heavy (non-hydrogen) atoms. The third kappa shape index (κ3) is 2.30. The molecule has 0 saturated carbocycles. The Hall–Kier alpha value is -0.540. The van der Waals surface area contributed by atoms with Crippen molar-refractivity contribution in [3.8, 4) is 0 Å². The van der Waals surface area contributed by atoms with Gasteiger partial charge in [0.25, 0.3) is 0 Å². The highest BCUT2D eigenvalue weighted by Crippen LogP contribution is 2.36. The van der Waals surface area contributed by atoms with Gasteiger partial charge in [-0.15, -0.1) is 0 Å². The lowest BCUT2D eigenvalue weighted by Gasteiger charge is -2.19. The number of nitrogens with zero attached hydrogens (tertiary/aromatic N) is 2. The molecule has 2 atom stereocenters. The molecule has 0 amide bonds. The lowest BCUT2D eigenvalue weighted by Crippen LogP contribution is -2.23. The predicted molar refractivity (Wildman–Crippen MR) is 78.0 cm³/mol. The second-order valence-electron chi connectivity index (χ2n) is 5.90. The van der Waals surface area contributed by atoms with Gasteiger partial charge in [0.1, 0.15) is 0 Å². The van der Waals surface area contributed by atoms with Gasteiger partial charge in [0, 0.05) is 31.0 Å². The Morgan fingerprint density at radius 3 is 2.50 bits per heavy atom. The van der Waals surface area contributed by atoms with Crippen LogP contribution in [0, 0.1) is 32.6 Å². The molecule has 2 nitrogen and oxygen atoms in total. The Morgan fingerprint density at radius 2 is 1.89 bits per heavy atom. The molecule has 2 aliphatic rings. The van der Waals surface area contributed by atoms with Crippen molar-refractivity contribution in [3.63, 3.8) is 0 Å². The van der Waals surface area contributed by atoms with Crippen molar-refractivity contribution in [1.82, 2.24) is 9.88 Å². The molecule has 3 rings (SSSR count). The summed E-state index contributed by atoms with van der Waals surface area (Å²) < 4.78 is 0. The van der Waals surface area contributed by atoms with Crippen LogP contribution < -0.4 is 0 Å². The molecule has 0 bridgehead atoms. The summed E-state index contributed by atoms with van der Waals surface area (Å²) in [7, 11) is 0. The molecule has 2 saturated heterocycles. The minimum Gasteiger partial charge on any atom is -0.298 e. The van der Waals surface area contributed by atoms with Crippen LogP contribution in [-0.4, -0.2) is 34.5 Å². The van der Waals surface area contributed by atoms with Crippen molar-refractivity contribution < 1.29 is 0 Å². The number of likely N-dealkylation sites (tertiary alicyclic amines) is 1. The number of hydrogen-bond donors (Lipinski definition) is 0. The first-order valence-corrected chi connectivity index (χ1v) is 8.03. The Balaban J connectivity index is 1.74. The number of thioether (sulfide) groups is 1. The maximum absolute atomic E-state index is 4.62. The van der Waals surface area contributed by atoms with Crippen LogP contribution in [0.1, 0.15) is 22.5 Å². The first-order valence-electron chi connectivity index (χ1n) is 6.87. The van der Waals surface area contributed by atoms with E-state index in [4.69, 9.17) is 0 Å². The molecule has 3 heteroatoms. The molecule has 0 N–H and O–H groups in total. The zero-order valence-corrected chi connectivity index (χ0v) is 12.4. The number of pyridine rings is 1. The van der Waals surface area contributed by atoms with Crippen molar-refractivity contribution in [1.29, 1.82) is 0 Å². The average molecular weight is 262 g/mol. The summed E-state index contributed by atoms with van der Waals surface area (Å²) in [4.78, 5) is 7.26. The molecule has 0 aliphatic carbocycles. The Kier molecular flexibility index (Phi) is 3.37. The van der Waals surface area contributed by atoms with Gasteiger partial charge in [-0.1, -0.05) is 0 Å². The lowest BCUT2D eigenvalue weighted by atomic mass is 10.0. The van der Waals surface area contributed by atoms with Gasteiger partial charge in [0.05, 0.1) is 0 Å². The minimum absolute atomic E-state index is 0.953. The number of hydrogen-bond acceptors (Lipinski definition) is 3. The topological polar surface area (TPSA) is 16.1 Å². The average Bonchev–Trinajstić information content (AvgIpc) is 2.83. The second-order valence-corrected chi connectivity index (χ2v) is 6.97. The van der Waals surface area contributed by atoms with E-state index in [1.807, 2.05) is 0 Å². The third-order valence-electron chi connectivity index (χ3n) is 4.38. The molecule has 0 spiro atoms. The summed E-state index contributed by atoms with van der Waals surface area (Å²) in [5.74, 6) is 4.67. The summed E-state index contributed by atoms with van der Waals surface area (Å²) in [5.41, 5.74) is 5.22. The molecule has 0 radical (unpaired) electrons. The SMILES string of the molecule is Cc1cc(C)c(CN2C[C@H]3CSC[C@H]3C2)c(C)n1. The van der Waals surface area contributed by atoms with Crippen LogP contribution in [0.25, 0.3) is 0 Å². The monoisotopic (exact) mass is 262 g/mol. The molecule has 1 aromatic rings. The summed E-state index contributed by atoms with van der Waals surface area (Å²) in [6.07, 6.45) is 0. The van der Waals surface area contributed by atoms with Gasteiger partial charge in [-0.25, -0.2) is 0 Å². The highest BCUT2D eigenvalue weighted by Gasteiger charge is 2.36. The van der Waals surface area contributed by atoms with Crippen LogP contribution in [-0.2, 0) is 6.54 Å². The lowest BCUT2D eigenvalue weighted by molar-refractivity contribution is 0.314. The van der Waals surface area contributed by atoms with Crippen molar-refractivity contribution in [2.24, 2.45) is 11.8 Å². The Morgan fingerprint density at radius 1 is 1.22 bits per heavy atom. The van der Waals surface area contributed by atoms with Gasteiger partial charge in [-0.3, -0.25) is 9.88 Å². The van der Waals surface area contributed by atoms with E-state index in [0.29, 0.717) is 0 Å². The van der Waals surface area contributed by atoms with Gasteiger partial charge in [0.15, 0.2) is 0 Å². The molecular formula is C15H22N2S. The first kappa shape index (κ1) is 12.5. The summed E-state index contributed by atoms with van der Waals surface area (Å²) in [6, 6.07) is 2.22. The van der Waals surface area contributed by atoms with E-state index < -0.39 is 0 Å². The zero-order valence-electron chi connectivity index (χ0n) is 11.6. The number of rotatable bonds is 2. The van der Waals surface area contributed by atoms with Crippen LogP contribution in [0.2, 0.25) is 0 Å². The molecule has 2 aliphatic heterocycles. The second kappa shape index (κ2) is 4.86. The van der Waals surface area contributed by atoms with Crippen molar-refractivity contribution in [3.05, 3.63) is 28.6 Å². The molecule has 3 heterocycles. The predicted octanol–water partition coefficient (Wildman–Crippen LogP) is 2.80. The van der Waals surface area contributed by atoms with Gasteiger partial charge < -0.3 is 0 Å². The van der Waals surface area contributed by atoms with E-state index in [9.17, 15) is 0 Å². The number of aromatic nitrogens is 1. The molecule has 2 fully saturated rings. The van der Waals surface area contributed by atoms with Gasteiger partial charge >= 0.3 is 0 Å². The minimum atomic E-state index is 0.953. The van der Waals surface area contributed by atoms with Gasteiger partial charge in [-0.2, -0.15) is 11.8 Å². The van der Waals surface area contributed by atoms with E-state index in [2.05, 4.69) is 48.5 Å². The fourth-order valence-electron chi connectivity index (χ4n) is 3.43. The quantitative estimate of drug-likeness (QED) is 0.815. The highest BCUT2D eigenvalue weighted by molar-refractivity contribution is 7.99. The van der Waals surface area contributed by atoms with Gasteiger partial charge in [0.2, 0.25) is 0 Å². The van der Waals surface area contributed by atoms with Crippen LogP contribution in [0.3, 0.4) is 0 Å². The smallest absolute Gasteiger partial charge is 0.0423 e. The Bertz CT molecular complexity index is 423. The molecular weight excluding hydrogens is 240 g/mol. The van der Waals surface area contributed by atoms with E-state index in [1.165, 1.54) is 41.4 Å². The zero-order chi connectivity index (χ0) is 12.7. The van der Waals surface area contributed by atoms with Crippen molar-refractivity contribution >= 4 is 11.8 Å². The highest BCUT2D eigenvalue weighted by atomic mass is 32.2. The van der Waals surface area contributed by atoms with Crippen LogP contribution in [0.15, 0.2) is 6.07 Å². The Labute approximate surface area is 114 Å². The van der Waals surface area contributed by atoms with Crippen molar-refractivity contribution in [2.45, 2.75) is 27.3 Å². The van der Waals surface area contributed by atoms with E-state index >= 15 is 0 Å². The van der Waals surface area contributed by atoms with Crippen LogP contribution in [0.4, 0.5) is 0 Å². The van der Waals surface area contributed by atoms with E-state index in [-0.39, 0.29) is 0 Å².